The number of para-hydroxylation sites is 2. The second kappa shape index (κ2) is 8.51. The zero-order valence-electron chi connectivity index (χ0n) is 17.7. The third kappa shape index (κ3) is 3.87. The van der Waals surface area contributed by atoms with Gasteiger partial charge in [0, 0.05) is 11.9 Å². The molecule has 3 heterocycles. The minimum absolute atomic E-state index is 0.0521. The van der Waals surface area contributed by atoms with Gasteiger partial charge in [-0.15, -0.1) is 11.3 Å². The molecule has 1 atom stereocenters. The Morgan fingerprint density at radius 3 is 2.70 bits per heavy atom. The SMILES string of the molecule is CNC(=O)[C@@H]1CN(C(=O)Cn2cnc3sc(-c4ccccc4)cc3c2=O)c2ccccc2O1. The zero-order valence-corrected chi connectivity index (χ0v) is 18.5. The quantitative estimate of drug-likeness (QED) is 0.505. The van der Waals surface area contributed by atoms with Crippen molar-refractivity contribution in [3.05, 3.63) is 77.3 Å². The van der Waals surface area contributed by atoms with E-state index in [0.717, 1.165) is 10.4 Å². The van der Waals surface area contributed by atoms with Gasteiger partial charge in [-0.25, -0.2) is 4.98 Å². The number of thiophene rings is 1. The average molecular weight is 461 g/mol. The van der Waals surface area contributed by atoms with E-state index in [9.17, 15) is 14.4 Å². The molecule has 4 aromatic rings. The summed E-state index contributed by atoms with van der Waals surface area (Å²) in [6, 6.07) is 18.6. The van der Waals surface area contributed by atoms with Gasteiger partial charge in [0.15, 0.2) is 6.10 Å². The molecule has 2 amide bonds. The van der Waals surface area contributed by atoms with E-state index in [1.165, 1.54) is 34.2 Å². The first-order valence-electron chi connectivity index (χ1n) is 10.4. The van der Waals surface area contributed by atoms with Gasteiger partial charge in [0.25, 0.3) is 11.5 Å². The molecule has 0 bridgehead atoms. The van der Waals surface area contributed by atoms with E-state index in [1.54, 1.807) is 24.3 Å². The Hall–Kier alpha value is -3.98. The summed E-state index contributed by atoms with van der Waals surface area (Å²) in [5.74, 6) is -0.215. The topological polar surface area (TPSA) is 93.5 Å². The largest absolute Gasteiger partial charge is 0.477 e. The second-order valence-corrected chi connectivity index (χ2v) is 8.60. The molecule has 8 nitrogen and oxygen atoms in total. The van der Waals surface area contributed by atoms with Crippen molar-refractivity contribution in [3.8, 4) is 16.2 Å². The molecule has 0 aliphatic carbocycles. The Morgan fingerprint density at radius 2 is 1.91 bits per heavy atom. The van der Waals surface area contributed by atoms with E-state index >= 15 is 0 Å². The molecule has 0 unspecified atom stereocenters. The lowest BCUT2D eigenvalue weighted by Crippen LogP contribution is -2.51. The smallest absolute Gasteiger partial charge is 0.262 e. The molecule has 0 saturated heterocycles. The lowest BCUT2D eigenvalue weighted by Gasteiger charge is -2.34. The van der Waals surface area contributed by atoms with Crippen LogP contribution >= 0.6 is 11.3 Å². The molecule has 1 N–H and O–H groups in total. The molecular weight excluding hydrogens is 440 g/mol. The van der Waals surface area contributed by atoms with Crippen LogP contribution in [-0.2, 0) is 16.1 Å². The van der Waals surface area contributed by atoms with E-state index in [2.05, 4.69) is 10.3 Å². The van der Waals surface area contributed by atoms with Crippen molar-refractivity contribution in [1.29, 1.82) is 0 Å². The van der Waals surface area contributed by atoms with E-state index < -0.39 is 6.10 Å². The molecule has 0 fully saturated rings. The number of amides is 2. The van der Waals surface area contributed by atoms with Crippen molar-refractivity contribution in [2.45, 2.75) is 12.6 Å². The normalized spacial score (nSPS) is 15.1. The van der Waals surface area contributed by atoms with Crippen molar-refractivity contribution in [2.75, 3.05) is 18.5 Å². The minimum atomic E-state index is -0.837. The Bertz CT molecular complexity index is 1410. The molecule has 0 saturated carbocycles. The molecule has 0 spiro atoms. The van der Waals surface area contributed by atoms with Crippen molar-refractivity contribution in [3.63, 3.8) is 0 Å². The van der Waals surface area contributed by atoms with Crippen molar-refractivity contribution in [2.24, 2.45) is 0 Å². The highest BCUT2D eigenvalue weighted by Crippen LogP contribution is 2.33. The molecule has 5 rings (SSSR count). The van der Waals surface area contributed by atoms with E-state index in [0.29, 0.717) is 21.7 Å². The van der Waals surface area contributed by atoms with Gasteiger partial charge in [-0.3, -0.25) is 19.0 Å². The molecule has 9 heteroatoms. The van der Waals surface area contributed by atoms with Crippen LogP contribution in [0.25, 0.3) is 20.7 Å². The van der Waals surface area contributed by atoms with Crippen molar-refractivity contribution in [1.82, 2.24) is 14.9 Å². The number of rotatable bonds is 4. The number of nitrogens with zero attached hydrogens (tertiary/aromatic N) is 3. The molecule has 2 aromatic carbocycles. The van der Waals surface area contributed by atoms with E-state index in [-0.39, 0.29) is 30.5 Å². The summed E-state index contributed by atoms with van der Waals surface area (Å²) in [6.07, 6.45) is 0.563. The van der Waals surface area contributed by atoms with Gasteiger partial charge in [-0.05, 0) is 23.8 Å². The highest BCUT2D eigenvalue weighted by molar-refractivity contribution is 7.21. The molecule has 0 radical (unpaired) electrons. The number of benzene rings is 2. The standard InChI is InChI=1S/C24H20N4O4S/c1-25-22(30)19-12-28(17-9-5-6-10-18(17)32-19)21(29)13-27-14-26-23-16(24(27)31)11-20(33-23)15-7-3-2-4-8-15/h2-11,14,19H,12-13H2,1H3,(H,25,30)/t19-/m0/s1. The Balaban J connectivity index is 1.46. The van der Waals surface area contributed by atoms with Crippen LogP contribution in [0.4, 0.5) is 5.69 Å². The molecule has 1 aliphatic rings. The summed E-state index contributed by atoms with van der Waals surface area (Å²) >= 11 is 1.44. The number of anilines is 1. The highest BCUT2D eigenvalue weighted by atomic mass is 32.1. The maximum atomic E-state index is 13.3. The number of nitrogens with one attached hydrogen (secondary N) is 1. The van der Waals surface area contributed by atoms with Gasteiger partial charge in [0.05, 0.1) is 23.9 Å². The zero-order chi connectivity index (χ0) is 22.9. The number of likely N-dealkylation sites (N-methyl/N-ethyl adjacent to an activating group) is 1. The van der Waals surface area contributed by atoms with Gasteiger partial charge < -0.3 is 15.0 Å². The molecule has 33 heavy (non-hydrogen) atoms. The van der Waals surface area contributed by atoms with Gasteiger partial charge >= 0.3 is 0 Å². The molecule has 2 aromatic heterocycles. The summed E-state index contributed by atoms with van der Waals surface area (Å²) < 4.78 is 7.06. The number of hydrogen-bond acceptors (Lipinski definition) is 6. The second-order valence-electron chi connectivity index (χ2n) is 7.57. The van der Waals surface area contributed by atoms with Crippen LogP contribution < -0.4 is 20.5 Å². The highest BCUT2D eigenvalue weighted by Gasteiger charge is 2.33. The van der Waals surface area contributed by atoms with Gasteiger partial charge in [0.2, 0.25) is 5.91 Å². The van der Waals surface area contributed by atoms with Gasteiger partial charge in [-0.1, -0.05) is 42.5 Å². The Labute approximate surface area is 193 Å². The van der Waals surface area contributed by atoms with Crippen molar-refractivity contribution < 1.29 is 14.3 Å². The third-order valence-electron chi connectivity index (χ3n) is 5.50. The maximum Gasteiger partial charge on any atom is 0.262 e. The van der Waals surface area contributed by atoms with Crippen LogP contribution in [0.15, 0.2) is 71.8 Å². The monoisotopic (exact) mass is 460 g/mol. The van der Waals surface area contributed by atoms with Gasteiger partial charge in [-0.2, -0.15) is 0 Å². The van der Waals surface area contributed by atoms with Gasteiger partial charge in [0.1, 0.15) is 17.1 Å². The van der Waals surface area contributed by atoms with Crippen LogP contribution in [0.5, 0.6) is 5.75 Å². The lowest BCUT2D eigenvalue weighted by molar-refractivity contribution is -0.128. The number of carbonyl (C=O) groups is 2. The fraction of sp³-hybridized carbons (Fsp3) is 0.167. The summed E-state index contributed by atoms with van der Waals surface area (Å²) in [4.78, 5) is 46.0. The first-order valence-corrected chi connectivity index (χ1v) is 11.2. The number of carbonyl (C=O) groups excluding carboxylic acids is 2. The maximum absolute atomic E-state index is 13.3. The number of hydrogen-bond donors (Lipinski definition) is 1. The predicted molar refractivity (Wildman–Crippen MR) is 127 cm³/mol. The van der Waals surface area contributed by atoms with Crippen LogP contribution in [0.1, 0.15) is 0 Å². The number of fused-ring (bicyclic) bond motifs is 2. The fourth-order valence-corrected chi connectivity index (χ4v) is 4.81. The third-order valence-corrected chi connectivity index (χ3v) is 6.59. The van der Waals surface area contributed by atoms with Crippen molar-refractivity contribution >= 4 is 39.1 Å². The van der Waals surface area contributed by atoms with E-state index in [4.69, 9.17) is 4.74 Å². The van der Waals surface area contributed by atoms with Crippen LogP contribution in [0, 0.1) is 0 Å². The fourth-order valence-electron chi connectivity index (χ4n) is 3.82. The van der Waals surface area contributed by atoms with Crippen LogP contribution in [-0.4, -0.2) is 41.1 Å². The molecule has 1 aliphatic heterocycles. The van der Waals surface area contributed by atoms with Crippen LogP contribution in [0.2, 0.25) is 0 Å². The Morgan fingerprint density at radius 1 is 1.15 bits per heavy atom. The average Bonchev–Trinajstić information content (AvgIpc) is 3.30. The summed E-state index contributed by atoms with van der Waals surface area (Å²) in [7, 11) is 1.52. The van der Waals surface area contributed by atoms with Crippen LogP contribution in [0.3, 0.4) is 0 Å². The summed E-state index contributed by atoms with van der Waals surface area (Å²) in [5.41, 5.74) is 1.29. The minimum Gasteiger partial charge on any atom is -0.477 e. The molecule has 166 valence electrons. The summed E-state index contributed by atoms with van der Waals surface area (Å²) in [6.45, 7) is -0.149. The first-order chi connectivity index (χ1) is 16.0. The first kappa shape index (κ1) is 20.9. The van der Waals surface area contributed by atoms with E-state index in [1.807, 2.05) is 36.4 Å². The summed E-state index contributed by atoms with van der Waals surface area (Å²) in [5, 5.41) is 3.03. The predicted octanol–water partition coefficient (Wildman–Crippen LogP) is 2.67. The lowest BCUT2D eigenvalue weighted by atomic mass is 10.1. The Kier molecular flexibility index (Phi) is 5.39. The number of aromatic nitrogens is 2. The number of ether oxygens (including phenoxy) is 1. The molecular formula is C24H20N4O4S.